The van der Waals surface area contributed by atoms with Crippen LogP contribution in [0.2, 0.25) is 0 Å². The van der Waals surface area contributed by atoms with Gasteiger partial charge in [-0.3, -0.25) is 10.1 Å². The van der Waals surface area contributed by atoms with Gasteiger partial charge >= 0.3 is 5.97 Å². The number of esters is 1. The van der Waals surface area contributed by atoms with Gasteiger partial charge in [-0.05, 0) is 50.9 Å². The SMILES string of the molecule is CCOC(=O)C1(NC2CCCCC2)CC2CCC1C2. The normalized spacial score (nSPS) is 38.6. The zero-order valence-corrected chi connectivity index (χ0v) is 12.1. The van der Waals surface area contributed by atoms with Gasteiger partial charge in [0.15, 0.2) is 0 Å². The summed E-state index contributed by atoms with van der Waals surface area (Å²) in [7, 11) is 0. The molecule has 1 N–H and O–H groups in total. The number of ether oxygens (including phenoxy) is 1. The molecule has 3 heteroatoms. The maximum absolute atomic E-state index is 12.5. The quantitative estimate of drug-likeness (QED) is 0.794. The van der Waals surface area contributed by atoms with Crippen molar-refractivity contribution in [2.45, 2.75) is 76.3 Å². The van der Waals surface area contributed by atoms with Gasteiger partial charge in [0.05, 0.1) is 6.61 Å². The third-order valence-electron chi connectivity index (χ3n) is 5.56. The Hall–Kier alpha value is -0.570. The first-order chi connectivity index (χ1) is 9.24. The summed E-state index contributed by atoms with van der Waals surface area (Å²) >= 11 is 0. The molecule has 0 aromatic rings. The highest BCUT2D eigenvalue weighted by atomic mass is 16.5. The van der Waals surface area contributed by atoms with Gasteiger partial charge in [-0.15, -0.1) is 0 Å². The van der Waals surface area contributed by atoms with Crippen LogP contribution < -0.4 is 5.32 Å². The topological polar surface area (TPSA) is 38.3 Å². The number of carbonyl (C=O) groups excluding carboxylic acids is 1. The van der Waals surface area contributed by atoms with Crippen molar-refractivity contribution in [3.05, 3.63) is 0 Å². The van der Waals surface area contributed by atoms with Crippen molar-refractivity contribution in [3.63, 3.8) is 0 Å². The van der Waals surface area contributed by atoms with Crippen LogP contribution in [0.4, 0.5) is 0 Å². The zero-order chi connectivity index (χ0) is 13.3. The molecule has 2 bridgehead atoms. The summed E-state index contributed by atoms with van der Waals surface area (Å²) in [6.45, 7) is 2.42. The van der Waals surface area contributed by atoms with Gasteiger partial charge in [-0.2, -0.15) is 0 Å². The summed E-state index contributed by atoms with van der Waals surface area (Å²) in [6.07, 6.45) is 11.2. The maximum Gasteiger partial charge on any atom is 0.326 e. The second kappa shape index (κ2) is 5.43. The fraction of sp³-hybridized carbons (Fsp3) is 0.938. The predicted octanol–water partition coefficient (Wildman–Crippen LogP) is 3.03. The monoisotopic (exact) mass is 265 g/mol. The van der Waals surface area contributed by atoms with Crippen LogP contribution in [0.25, 0.3) is 0 Å². The van der Waals surface area contributed by atoms with E-state index in [4.69, 9.17) is 4.74 Å². The van der Waals surface area contributed by atoms with Gasteiger partial charge in [0.25, 0.3) is 0 Å². The van der Waals surface area contributed by atoms with Crippen molar-refractivity contribution in [3.8, 4) is 0 Å². The number of carbonyl (C=O) groups is 1. The molecule has 0 saturated heterocycles. The van der Waals surface area contributed by atoms with Crippen LogP contribution in [0.1, 0.15) is 64.7 Å². The molecular formula is C16H27NO2. The standard InChI is InChI=1S/C16H27NO2/c1-2-19-15(18)16(11-12-8-9-13(16)10-12)17-14-6-4-3-5-7-14/h12-14,17H,2-11H2,1H3. The van der Waals surface area contributed by atoms with E-state index < -0.39 is 0 Å². The molecule has 108 valence electrons. The largest absolute Gasteiger partial charge is 0.465 e. The minimum atomic E-state index is -0.332. The Morgan fingerprint density at radius 2 is 2.00 bits per heavy atom. The number of nitrogens with one attached hydrogen (secondary N) is 1. The van der Waals surface area contributed by atoms with E-state index in [2.05, 4.69) is 5.32 Å². The molecule has 3 aliphatic rings. The van der Waals surface area contributed by atoms with Crippen LogP contribution >= 0.6 is 0 Å². The first-order valence-corrected chi connectivity index (χ1v) is 8.19. The lowest BCUT2D eigenvalue weighted by Crippen LogP contribution is -2.60. The van der Waals surface area contributed by atoms with Gasteiger partial charge in [0.1, 0.15) is 5.54 Å². The van der Waals surface area contributed by atoms with E-state index in [1.54, 1.807) is 0 Å². The summed E-state index contributed by atoms with van der Waals surface area (Å²) in [5.74, 6) is 1.32. The van der Waals surface area contributed by atoms with Crippen LogP contribution in [0.5, 0.6) is 0 Å². The molecule has 19 heavy (non-hydrogen) atoms. The van der Waals surface area contributed by atoms with E-state index in [9.17, 15) is 4.79 Å². The maximum atomic E-state index is 12.5. The summed E-state index contributed by atoms with van der Waals surface area (Å²) in [5.41, 5.74) is -0.332. The Labute approximate surface area is 116 Å². The Morgan fingerprint density at radius 3 is 2.58 bits per heavy atom. The number of rotatable bonds is 4. The molecule has 0 radical (unpaired) electrons. The first kappa shape index (κ1) is 13.4. The number of fused-ring (bicyclic) bond motifs is 2. The summed E-state index contributed by atoms with van der Waals surface area (Å²) < 4.78 is 5.42. The molecule has 0 spiro atoms. The minimum absolute atomic E-state index is 0.0350. The van der Waals surface area contributed by atoms with Gasteiger partial charge < -0.3 is 4.74 Å². The van der Waals surface area contributed by atoms with Crippen molar-refractivity contribution >= 4 is 5.97 Å². The molecule has 0 aliphatic heterocycles. The van der Waals surface area contributed by atoms with Crippen molar-refractivity contribution < 1.29 is 9.53 Å². The second-order valence-corrected chi connectivity index (χ2v) is 6.75. The molecule has 3 unspecified atom stereocenters. The van der Waals surface area contributed by atoms with Gasteiger partial charge in [0.2, 0.25) is 0 Å². The fourth-order valence-electron chi connectivity index (χ4n) is 4.69. The van der Waals surface area contributed by atoms with E-state index in [1.165, 1.54) is 51.4 Å². The first-order valence-electron chi connectivity index (χ1n) is 8.19. The molecule has 0 amide bonds. The molecule has 3 atom stereocenters. The Kier molecular flexibility index (Phi) is 3.84. The van der Waals surface area contributed by atoms with Crippen LogP contribution in [0.15, 0.2) is 0 Å². The lowest BCUT2D eigenvalue weighted by molar-refractivity contribution is -0.154. The van der Waals surface area contributed by atoms with E-state index in [0.29, 0.717) is 18.6 Å². The predicted molar refractivity (Wildman–Crippen MR) is 74.8 cm³/mol. The van der Waals surface area contributed by atoms with Crippen LogP contribution in [-0.2, 0) is 9.53 Å². The smallest absolute Gasteiger partial charge is 0.326 e. The molecule has 3 rings (SSSR count). The third-order valence-corrected chi connectivity index (χ3v) is 5.56. The zero-order valence-electron chi connectivity index (χ0n) is 12.1. The average Bonchev–Trinajstić information content (AvgIpc) is 3.01. The highest BCUT2D eigenvalue weighted by Gasteiger charge is 2.57. The molecular weight excluding hydrogens is 238 g/mol. The lowest BCUT2D eigenvalue weighted by Gasteiger charge is -2.40. The van der Waals surface area contributed by atoms with Crippen LogP contribution in [0, 0.1) is 11.8 Å². The van der Waals surface area contributed by atoms with Crippen LogP contribution in [0.3, 0.4) is 0 Å². The van der Waals surface area contributed by atoms with Gasteiger partial charge in [-0.25, -0.2) is 0 Å². The molecule has 0 aromatic carbocycles. The highest BCUT2D eigenvalue weighted by molar-refractivity contribution is 5.82. The number of hydrogen-bond donors (Lipinski definition) is 1. The highest BCUT2D eigenvalue weighted by Crippen LogP contribution is 2.51. The van der Waals surface area contributed by atoms with E-state index in [0.717, 1.165) is 12.3 Å². The van der Waals surface area contributed by atoms with E-state index in [1.807, 2.05) is 6.92 Å². The fourth-order valence-corrected chi connectivity index (χ4v) is 4.69. The van der Waals surface area contributed by atoms with Crippen molar-refractivity contribution in [1.29, 1.82) is 0 Å². The van der Waals surface area contributed by atoms with Crippen molar-refractivity contribution in [2.24, 2.45) is 11.8 Å². The number of hydrogen-bond acceptors (Lipinski definition) is 3. The van der Waals surface area contributed by atoms with E-state index in [-0.39, 0.29) is 11.5 Å². The molecule has 3 fully saturated rings. The lowest BCUT2D eigenvalue weighted by atomic mass is 9.79. The molecule has 3 nitrogen and oxygen atoms in total. The molecule has 3 saturated carbocycles. The van der Waals surface area contributed by atoms with E-state index >= 15 is 0 Å². The second-order valence-electron chi connectivity index (χ2n) is 6.75. The van der Waals surface area contributed by atoms with Gasteiger partial charge in [0, 0.05) is 6.04 Å². The summed E-state index contributed by atoms with van der Waals surface area (Å²) in [4.78, 5) is 12.5. The third kappa shape index (κ3) is 2.42. The summed E-state index contributed by atoms with van der Waals surface area (Å²) in [5, 5.41) is 3.77. The Morgan fingerprint density at radius 1 is 1.21 bits per heavy atom. The Bertz CT molecular complexity index is 338. The molecule has 0 heterocycles. The summed E-state index contributed by atoms with van der Waals surface area (Å²) in [6, 6.07) is 0.539. The van der Waals surface area contributed by atoms with Crippen LogP contribution in [-0.4, -0.2) is 24.2 Å². The van der Waals surface area contributed by atoms with Gasteiger partial charge in [-0.1, -0.05) is 25.7 Å². The molecule has 3 aliphatic carbocycles. The Balaban J connectivity index is 1.74. The average molecular weight is 265 g/mol. The minimum Gasteiger partial charge on any atom is -0.465 e. The van der Waals surface area contributed by atoms with Crippen molar-refractivity contribution in [2.75, 3.05) is 6.61 Å². The van der Waals surface area contributed by atoms with Crippen molar-refractivity contribution in [1.82, 2.24) is 5.32 Å². The molecule has 0 aromatic heterocycles.